The summed E-state index contributed by atoms with van der Waals surface area (Å²) in [4.78, 5) is 8.82. The van der Waals surface area contributed by atoms with Crippen molar-refractivity contribution in [1.29, 1.82) is 0 Å². The zero-order chi connectivity index (χ0) is 20.6. The minimum Gasteiger partial charge on any atom is -0.333 e. The summed E-state index contributed by atoms with van der Waals surface area (Å²) in [6.45, 7) is 5.83. The maximum atomic E-state index is 13.5. The molecule has 0 saturated carbocycles. The molecule has 1 N–H and O–H groups in total. The second kappa shape index (κ2) is 7.08. The number of nitrogens with zero attached hydrogens (tertiary/aromatic N) is 2. The molecule has 0 radical (unpaired) electrons. The smallest absolute Gasteiger partial charge is 0.333 e. The molecule has 0 spiro atoms. The predicted octanol–water partition coefficient (Wildman–Crippen LogP) is 6.28. The summed E-state index contributed by atoms with van der Waals surface area (Å²) < 4.78 is 40.5. The highest BCUT2D eigenvalue weighted by Gasteiger charge is 2.34. The molecule has 0 bridgehead atoms. The number of hydrogen-bond donors (Lipinski definition) is 1. The van der Waals surface area contributed by atoms with E-state index in [0.29, 0.717) is 22.4 Å². The number of anilines is 1. The number of rotatable bonds is 3. The second-order valence-electron chi connectivity index (χ2n) is 6.64. The van der Waals surface area contributed by atoms with Gasteiger partial charge in [0.15, 0.2) is 5.82 Å². The van der Waals surface area contributed by atoms with Gasteiger partial charge in [-0.3, -0.25) is 0 Å². The molecule has 1 aliphatic carbocycles. The SMILES string of the molecule is C=C1C=C=C(Nc2nc(-c3ccccc3C(F)(F)F)nc3ccccc23)C=C1C. The van der Waals surface area contributed by atoms with Crippen LogP contribution in [0.3, 0.4) is 0 Å². The molecule has 1 aliphatic rings. The fourth-order valence-corrected chi connectivity index (χ4v) is 3.05. The first-order chi connectivity index (χ1) is 13.8. The lowest BCUT2D eigenvalue weighted by atomic mass is 10.0. The van der Waals surface area contributed by atoms with Crippen molar-refractivity contribution < 1.29 is 13.2 Å². The summed E-state index contributed by atoms with van der Waals surface area (Å²) in [7, 11) is 0. The molecule has 0 unspecified atom stereocenters. The van der Waals surface area contributed by atoms with Crippen molar-refractivity contribution >= 4 is 16.7 Å². The van der Waals surface area contributed by atoms with E-state index in [-0.39, 0.29) is 11.4 Å². The van der Waals surface area contributed by atoms with Gasteiger partial charge in [-0.25, -0.2) is 9.97 Å². The van der Waals surface area contributed by atoms with Crippen molar-refractivity contribution in [2.45, 2.75) is 13.1 Å². The molecule has 3 aromatic rings. The molecule has 6 heteroatoms. The summed E-state index contributed by atoms with van der Waals surface area (Å²) in [6.07, 6.45) is -0.891. The summed E-state index contributed by atoms with van der Waals surface area (Å²) in [5.74, 6) is 0.416. The van der Waals surface area contributed by atoms with Gasteiger partial charge >= 0.3 is 6.18 Å². The Hall–Kier alpha value is -3.63. The molecule has 144 valence electrons. The topological polar surface area (TPSA) is 37.8 Å². The Kier molecular flexibility index (Phi) is 4.57. The lowest BCUT2D eigenvalue weighted by Crippen LogP contribution is -2.09. The molecule has 3 nitrogen and oxygen atoms in total. The van der Waals surface area contributed by atoms with E-state index in [0.717, 1.165) is 17.2 Å². The molecule has 1 heterocycles. The van der Waals surface area contributed by atoms with Gasteiger partial charge in [-0.1, -0.05) is 42.6 Å². The van der Waals surface area contributed by atoms with Gasteiger partial charge in [0, 0.05) is 10.9 Å². The van der Waals surface area contributed by atoms with Gasteiger partial charge in [0.1, 0.15) is 5.82 Å². The fourth-order valence-electron chi connectivity index (χ4n) is 3.05. The van der Waals surface area contributed by atoms with Crippen LogP contribution in [-0.4, -0.2) is 9.97 Å². The maximum absolute atomic E-state index is 13.5. The van der Waals surface area contributed by atoms with Crippen molar-refractivity contribution in [2.24, 2.45) is 0 Å². The Balaban J connectivity index is 1.90. The lowest BCUT2D eigenvalue weighted by molar-refractivity contribution is -0.137. The second-order valence-corrected chi connectivity index (χ2v) is 6.64. The number of nitrogens with one attached hydrogen (secondary N) is 1. The van der Waals surface area contributed by atoms with Gasteiger partial charge in [0.25, 0.3) is 0 Å². The first-order valence-corrected chi connectivity index (χ1v) is 8.87. The number of para-hydroxylation sites is 1. The standard InChI is InChI=1S/C23H16F3N3/c1-14-11-12-16(13-15(14)2)27-22-18-8-4-6-10-20(18)28-21(29-22)17-7-3-5-9-19(17)23(24,25)26/h3-11,13H,1H2,2H3,(H,27,28,29). The summed E-state index contributed by atoms with van der Waals surface area (Å²) in [6, 6.07) is 12.5. The molecule has 2 aromatic carbocycles. The normalized spacial score (nSPS) is 14.0. The molecule has 1 aromatic heterocycles. The molecule has 29 heavy (non-hydrogen) atoms. The number of halogens is 3. The van der Waals surface area contributed by atoms with Crippen LogP contribution in [0.15, 0.2) is 89.8 Å². The molecule has 4 rings (SSSR count). The van der Waals surface area contributed by atoms with E-state index in [9.17, 15) is 13.2 Å². The molecule has 0 fully saturated rings. The monoisotopic (exact) mass is 391 g/mol. The highest BCUT2D eigenvalue weighted by molar-refractivity contribution is 5.91. The highest BCUT2D eigenvalue weighted by atomic mass is 19.4. The minimum atomic E-state index is -4.51. The Bertz CT molecular complexity index is 1230. The van der Waals surface area contributed by atoms with Crippen molar-refractivity contribution in [1.82, 2.24) is 9.97 Å². The van der Waals surface area contributed by atoms with Crippen LogP contribution < -0.4 is 5.32 Å². The van der Waals surface area contributed by atoms with Crippen molar-refractivity contribution in [3.8, 4) is 11.4 Å². The van der Waals surface area contributed by atoms with E-state index in [4.69, 9.17) is 0 Å². The number of aromatic nitrogens is 2. The van der Waals surface area contributed by atoms with Gasteiger partial charge in [0.05, 0.1) is 16.8 Å². The number of alkyl halides is 3. The largest absolute Gasteiger partial charge is 0.417 e. The van der Waals surface area contributed by atoms with Crippen LogP contribution in [0.2, 0.25) is 0 Å². The van der Waals surface area contributed by atoms with Crippen LogP contribution >= 0.6 is 0 Å². The Morgan fingerprint density at radius 3 is 2.48 bits per heavy atom. The van der Waals surface area contributed by atoms with E-state index < -0.39 is 11.7 Å². The third kappa shape index (κ3) is 3.71. The number of benzene rings is 2. The molecule has 0 amide bonds. The van der Waals surface area contributed by atoms with Gasteiger partial charge in [-0.2, -0.15) is 13.2 Å². The average molecular weight is 391 g/mol. The van der Waals surface area contributed by atoms with Crippen molar-refractivity contribution in [3.63, 3.8) is 0 Å². The fraction of sp³-hybridized carbons (Fsp3) is 0.0870. The minimum absolute atomic E-state index is 0.00428. The third-order valence-electron chi connectivity index (χ3n) is 4.60. The van der Waals surface area contributed by atoms with Gasteiger partial charge in [-0.05, 0) is 48.4 Å². The number of allylic oxidation sites excluding steroid dienone is 3. The average Bonchev–Trinajstić information content (AvgIpc) is 2.70. The summed E-state index contributed by atoms with van der Waals surface area (Å²) in [5, 5.41) is 3.87. The van der Waals surface area contributed by atoms with E-state index in [2.05, 4.69) is 27.6 Å². The Morgan fingerprint density at radius 2 is 1.72 bits per heavy atom. The molecule has 0 aliphatic heterocycles. The quantitative estimate of drug-likeness (QED) is 0.534. The molecular formula is C23H16F3N3. The van der Waals surface area contributed by atoms with Crippen LogP contribution in [0.25, 0.3) is 22.3 Å². The van der Waals surface area contributed by atoms with E-state index in [1.807, 2.05) is 25.1 Å². The summed E-state index contributed by atoms with van der Waals surface area (Å²) in [5.41, 5.74) is 5.24. The van der Waals surface area contributed by atoms with Crippen LogP contribution in [0.5, 0.6) is 0 Å². The maximum Gasteiger partial charge on any atom is 0.417 e. The number of fused-ring (bicyclic) bond motifs is 1. The Morgan fingerprint density at radius 1 is 1.00 bits per heavy atom. The first-order valence-electron chi connectivity index (χ1n) is 8.87. The van der Waals surface area contributed by atoms with Crippen LogP contribution in [0.1, 0.15) is 12.5 Å². The van der Waals surface area contributed by atoms with E-state index in [1.54, 1.807) is 24.3 Å². The van der Waals surface area contributed by atoms with Gasteiger partial charge in [-0.15, -0.1) is 0 Å². The summed E-state index contributed by atoms with van der Waals surface area (Å²) >= 11 is 0. The zero-order valence-corrected chi connectivity index (χ0v) is 15.5. The zero-order valence-electron chi connectivity index (χ0n) is 15.5. The van der Waals surface area contributed by atoms with Gasteiger partial charge < -0.3 is 5.32 Å². The van der Waals surface area contributed by atoms with Gasteiger partial charge in [0.2, 0.25) is 0 Å². The molecule has 0 saturated heterocycles. The number of hydrogen-bond acceptors (Lipinski definition) is 3. The lowest BCUT2D eigenvalue weighted by Gasteiger charge is -2.15. The van der Waals surface area contributed by atoms with E-state index in [1.165, 1.54) is 12.1 Å². The Labute approximate surface area is 165 Å². The molecular weight excluding hydrogens is 375 g/mol. The predicted molar refractivity (Wildman–Crippen MR) is 108 cm³/mol. The first kappa shape index (κ1) is 18.7. The van der Waals surface area contributed by atoms with E-state index >= 15 is 0 Å². The third-order valence-corrected chi connectivity index (χ3v) is 4.60. The highest BCUT2D eigenvalue weighted by Crippen LogP contribution is 2.37. The molecule has 0 atom stereocenters. The van der Waals surface area contributed by atoms with Crippen molar-refractivity contribution in [2.75, 3.05) is 5.32 Å². The van der Waals surface area contributed by atoms with Crippen molar-refractivity contribution in [3.05, 3.63) is 95.4 Å². The van der Waals surface area contributed by atoms with Crippen LogP contribution in [-0.2, 0) is 6.18 Å². The van der Waals surface area contributed by atoms with Crippen LogP contribution in [0, 0.1) is 0 Å². The van der Waals surface area contributed by atoms with Crippen LogP contribution in [0.4, 0.5) is 19.0 Å².